The quantitative estimate of drug-likeness (QED) is 0.389. The first-order valence-electron chi connectivity index (χ1n) is 7.96. The fraction of sp³-hybridized carbons (Fsp3) is 0.562. The summed E-state index contributed by atoms with van der Waals surface area (Å²) in [6.45, 7) is 6.59. The van der Waals surface area contributed by atoms with Crippen molar-refractivity contribution in [3.05, 3.63) is 29.8 Å². The summed E-state index contributed by atoms with van der Waals surface area (Å²) in [5, 5.41) is 3.18. The molecule has 0 atom stereocenters. The molecule has 1 aromatic carbocycles. The molecule has 0 heterocycles. The minimum atomic E-state index is -3.18. The van der Waals surface area contributed by atoms with E-state index in [4.69, 9.17) is 4.74 Å². The van der Waals surface area contributed by atoms with Gasteiger partial charge in [0, 0.05) is 20.1 Å². The van der Waals surface area contributed by atoms with Gasteiger partial charge in [0.1, 0.15) is 12.4 Å². The van der Waals surface area contributed by atoms with Gasteiger partial charge in [0.05, 0.1) is 19.3 Å². The number of aryl methyl sites for hydroxylation is 1. The number of likely N-dealkylation sites (N-methyl/N-ethyl adjacent to an activating group) is 1. The molecule has 0 radical (unpaired) electrons. The Bertz CT molecular complexity index is 632. The van der Waals surface area contributed by atoms with Crippen LogP contribution in [0, 0.1) is 6.92 Å². The molecule has 0 aliphatic rings. The molecule has 0 unspecified atom stereocenters. The zero-order valence-electron chi connectivity index (χ0n) is 14.9. The maximum Gasteiger partial charge on any atom is 0.208 e. The highest BCUT2D eigenvalue weighted by molar-refractivity contribution is 7.88. The number of hydrogen-bond acceptors (Lipinski definition) is 4. The second-order valence-electron chi connectivity index (χ2n) is 5.44. The van der Waals surface area contributed by atoms with Crippen molar-refractivity contribution in [3.8, 4) is 5.75 Å². The zero-order valence-corrected chi connectivity index (χ0v) is 15.7. The third kappa shape index (κ3) is 8.16. The molecule has 2 N–H and O–H groups in total. The van der Waals surface area contributed by atoms with Crippen molar-refractivity contribution >= 4 is 16.0 Å². The fourth-order valence-electron chi connectivity index (χ4n) is 1.98. The number of hydrogen-bond donors (Lipinski definition) is 2. The van der Waals surface area contributed by atoms with Crippen LogP contribution in [0.4, 0.5) is 0 Å². The minimum absolute atomic E-state index is 0.279. The van der Waals surface area contributed by atoms with Crippen LogP contribution in [0.5, 0.6) is 5.75 Å². The number of guanidine groups is 1. The predicted molar refractivity (Wildman–Crippen MR) is 98.1 cm³/mol. The molecule has 0 saturated carbocycles. The first-order chi connectivity index (χ1) is 11.3. The van der Waals surface area contributed by atoms with Crippen molar-refractivity contribution in [2.75, 3.05) is 46.1 Å². The number of benzene rings is 1. The van der Waals surface area contributed by atoms with Crippen LogP contribution in [0.1, 0.15) is 12.5 Å². The predicted octanol–water partition coefficient (Wildman–Crippen LogP) is 0.820. The summed E-state index contributed by atoms with van der Waals surface area (Å²) in [6, 6.07) is 7.89. The van der Waals surface area contributed by atoms with Crippen molar-refractivity contribution in [1.82, 2.24) is 14.9 Å². The lowest BCUT2D eigenvalue weighted by molar-refractivity contribution is 0.280. The molecular formula is C16H28N4O3S. The maximum atomic E-state index is 11.0. The third-order valence-corrected chi connectivity index (χ3v) is 3.94. The summed E-state index contributed by atoms with van der Waals surface area (Å²) < 4.78 is 30.3. The first kappa shape index (κ1) is 20.2. The van der Waals surface area contributed by atoms with Gasteiger partial charge in [0.25, 0.3) is 0 Å². The highest BCUT2D eigenvalue weighted by atomic mass is 32.2. The van der Waals surface area contributed by atoms with E-state index in [1.165, 1.54) is 0 Å². The summed E-state index contributed by atoms with van der Waals surface area (Å²) in [5.74, 6) is 1.60. The van der Waals surface area contributed by atoms with Crippen LogP contribution in [0.25, 0.3) is 0 Å². The molecule has 0 bridgehead atoms. The molecule has 8 heteroatoms. The maximum absolute atomic E-state index is 11.0. The van der Waals surface area contributed by atoms with Gasteiger partial charge >= 0.3 is 0 Å². The summed E-state index contributed by atoms with van der Waals surface area (Å²) >= 11 is 0. The number of nitrogens with one attached hydrogen (secondary N) is 2. The highest BCUT2D eigenvalue weighted by Gasteiger charge is 2.06. The molecule has 0 spiro atoms. The van der Waals surface area contributed by atoms with E-state index in [9.17, 15) is 8.42 Å². The Balaban J connectivity index is 2.47. The molecule has 136 valence electrons. The SMILES string of the molecule is CCNC(=NCCNS(C)(=O)=O)N(C)CCOc1ccccc1C. The summed E-state index contributed by atoms with van der Waals surface area (Å²) in [7, 11) is -1.25. The Hall–Kier alpha value is -1.80. The van der Waals surface area contributed by atoms with E-state index in [0.29, 0.717) is 19.7 Å². The lowest BCUT2D eigenvalue weighted by atomic mass is 10.2. The van der Waals surface area contributed by atoms with E-state index in [-0.39, 0.29) is 6.54 Å². The Morgan fingerprint density at radius 3 is 2.67 bits per heavy atom. The Morgan fingerprint density at radius 2 is 2.04 bits per heavy atom. The van der Waals surface area contributed by atoms with Crippen LogP contribution in [0.15, 0.2) is 29.3 Å². The number of aliphatic imine (C=N–C) groups is 1. The zero-order chi connectivity index (χ0) is 18.0. The van der Waals surface area contributed by atoms with Gasteiger partial charge in [-0.2, -0.15) is 0 Å². The lowest BCUT2D eigenvalue weighted by Crippen LogP contribution is -2.41. The number of sulfonamides is 1. The Labute approximate surface area is 145 Å². The number of ether oxygens (including phenoxy) is 1. The van der Waals surface area contributed by atoms with E-state index >= 15 is 0 Å². The molecule has 0 saturated heterocycles. The molecular weight excluding hydrogens is 328 g/mol. The van der Waals surface area contributed by atoms with Crippen LogP contribution in [-0.4, -0.2) is 65.4 Å². The summed E-state index contributed by atoms with van der Waals surface area (Å²) in [5.41, 5.74) is 1.10. The molecule has 0 fully saturated rings. The smallest absolute Gasteiger partial charge is 0.208 e. The van der Waals surface area contributed by atoms with E-state index in [0.717, 1.165) is 30.1 Å². The van der Waals surface area contributed by atoms with Crippen LogP contribution in [0.3, 0.4) is 0 Å². The van der Waals surface area contributed by atoms with Crippen LogP contribution in [-0.2, 0) is 10.0 Å². The molecule has 0 aromatic heterocycles. The van der Waals surface area contributed by atoms with Crippen molar-refractivity contribution in [2.45, 2.75) is 13.8 Å². The van der Waals surface area contributed by atoms with Crippen molar-refractivity contribution < 1.29 is 13.2 Å². The standard InChI is InChI=1S/C16H28N4O3S/c1-5-17-16(18-10-11-19-24(4,21)22)20(3)12-13-23-15-9-7-6-8-14(15)2/h6-9,19H,5,10-13H2,1-4H3,(H,17,18). The van der Waals surface area contributed by atoms with Gasteiger partial charge in [-0.05, 0) is 25.5 Å². The third-order valence-electron chi connectivity index (χ3n) is 3.21. The second kappa shape index (κ2) is 10.1. The Kier molecular flexibility index (Phi) is 8.56. The van der Waals surface area contributed by atoms with Gasteiger partial charge in [-0.25, -0.2) is 13.1 Å². The lowest BCUT2D eigenvalue weighted by Gasteiger charge is -2.22. The van der Waals surface area contributed by atoms with Crippen molar-refractivity contribution in [2.24, 2.45) is 4.99 Å². The fourth-order valence-corrected chi connectivity index (χ4v) is 2.44. The average Bonchev–Trinajstić information content (AvgIpc) is 2.51. The van der Waals surface area contributed by atoms with Gasteiger partial charge in [0.15, 0.2) is 5.96 Å². The molecule has 0 amide bonds. The molecule has 7 nitrogen and oxygen atoms in total. The van der Waals surface area contributed by atoms with Crippen LogP contribution in [0.2, 0.25) is 0 Å². The largest absolute Gasteiger partial charge is 0.491 e. The van der Waals surface area contributed by atoms with E-state index in [1.54, 1.807) is 0 Å². The van der Waals surface area contributed by atoms with E-state index < -0.39 is 10.0 Å². The highest BCUT2D eigenvalue weighted by Crippen LogP contribution is 2.15. The van der Waals surface area contributed by atoms with Gasteiger partial charge in [-0.15, -0.1) is 0 Å². The molecule has 0 aliphatic heterocycles. The first-order valence-corrected chi connectivity index (χ1v) is 9.85. The van der Waals surface area contributed by atoms with E-state index in [1.807, 2.05) is 50.1 Å². The van der Waals surface area contributed by atoms with Crippen LogP contribution >= 0.6 is 0 Å². The summed E-state index contributed by atoms with van der Waals surface area (Å²) in [6.07, 6.45) is 1.14. The van der Waals surface area contributed by atoms with Crippen molar-refractivity contribution in [3.63, 3.8) is 0 Å². The Morgan fingerprint density at radius 1 is 1.33 bits per heavy atom. The topological polar surface area (TPSA) is 83.0 Å². The monoisotopic (exact) mass is 356 g/mol. The van der Waals surface area contributed by atoms with Crippen molar-refractivity contribution in [1.29, 1.82) is 0 Å². The van der Waals surface area contributed by atoms with E-state index in [2.05, 4.69) is 15.0 Å². The number of para-hydroxylation sites is 1. The molecule has 0 aliphatic carbocycles. The molecule has 1 aromatic rings. The van der Waals surface area contributed by atoms with Gasteiger partial charge in [0.2, 0.25) is 10.0 Å². The van der Waals surface area contributed by atoms with Gasteiger partial charge in [-0.1, -0.05) is 18.2 Å². The van der Waals surface area contributed by atoms with Gasteiger partial charge in [-0.3, -0.25) is 4.99 Å². The molecule has 24 heavy (non-hydrogen) atoms. The number of rotatable bonds is 9. The molecule has 1 rings (SSSR count). The second-order valence-corrected chi connectivity index (χ2v) is 7.27. The minimum Gasteiger partial charge on any atom is -0.491 e. The summed E-state index contributed by atoms with van der Waals surface area (Å²) in [4.78, 5) is 6.37. The average molecular weight is 356 g/mol. The van der Waals surface area contributed by atoms with Gasteiger partial charge < -0.3 is 15.0 Å². The normalized spacial score (nSPS) is 12.1. The van der Waals surface area contributed by atoms with Crippen LogP contribution < -0.4 is 14.8 Å². The number of nitrogens with zero attached hydrogens (tertiary/aromatic N) is 2.